The molecule has 0 aliphatic rings. The van der Waals surface area contributed by atoms with Gasteiger partial charge < -0.3 is 14.6 Å². The number of rotatable bonds is 5. The largest absolute Gasteiger partial charge is 0.485 e. The maximum absolute atomic E-state index is 13.6. The lowest BCUT2D eigenvalue weighted by Gasteiger charge is -2.08. The van der Waals surface area contributed by atoms with E-state index in [-0.39, 0.29) is 12.3 Å². The smallest absolute Gasteiger partial charge is 0.255 e. The summed E-state index contributed by atoms with van der Waals surface area (Å²) < 4.78 is 36.7. The van der Waals surface area contributed by atoms with Gasteiger partial charge in [0.25, 0.3) is 5.91 Å². The first-order chi connectivity index (χ1) is 12.0. The van der Waals surface area contributed by atoms with E-state index >= 15 is 0 Å². The number of amides is 1. The SMILES string of the molecule is Cc1nc(COc2ccc(C(=O)Nc3ccc(F)cc3F)cc2)no1. The molecule has 0 spiro atoms. The van der Waals surface area contributed by atoms with Crippen LogP contribution >= 0.6 is 0 Å². The number of benzene rings is 2. The van der Waals surface area contributed by atoms with E-state index in [4.69, 9.17) is 9.26 Å². The van der Waals surface area contributed by atoms with Crippen molar-refractivity contribution in [2.24, 2.45) is 0 Å². The zero-order valence-electron chi connectivity index (χ0n) is 13.1. The molecule has 1 aromatic heterocycles. The third-order valence-corrected chi connectivity index (χ3v) is 3.23. The molecule has 128 valence electrons. The molecule has 0 atom stereocenters. The van der Waals surface area contributed by atoms with E-state index < -0.39 is 17.5 Å². The number of carbonyl (C=O) groups excluding carboxylic acids is 1. The highest BCUT2D eigenvalue weighted by Crippen LogP contribution is 2.18. The molecule has 3 rings (SSSR count). The van der Waals surface area contributed by atoms with Crippen molar-refractivity contribution >= 4 is 11.6 Å². The number of hydrogen-bond acceptors (Lipinski definition) is 5. The molecule has 0 saturated heterocycles. The number of ether oxygens (including phenoxy) is 1. The Labute approximate surface area is 141 Å². The van der Waals surface area contributed by atoms with Gasteiger partial charge in [0.15, 0.2) is 6.61 Å². The highest BCUT2D eigenvalue weighted by molar-refractivity contribution is 6.04. The standard InChI is InChI=1S/C17H13F2N3O3/c1-10-20-16(22-25-10)9-24-13-5-2-11(3-6-13)17(23)21-15-7-4-12(18)8-14(15)19/h2-8H,9H2,1H3,(H,21,23). The van der Waals surface area contributed by atoms with Gasteiger partial charge in [0.1, 0.15) is 17.4 Å². The van der Waals surface area contributed by atoms with E-state index in [9.17, 15) is 13.6 Å². The van der Waals surface area contributed by atoms with Gasteiger partial charge in [-0.2, -0.15) is 4.98 Å². The van der Waals surface area contributed by atoms with Crippen molar-refractivity contribution in [3.05, 3.63) is 71.4 Å². The van der Waals surface area contributed by atoms with Crippen LogP contribution in [0, 0.1) is 18.6 Å². The van der Waals surface area contributed by atoms with Crippen molar-refractivity contribution in [2.75, 3.05) is 5.32 Å². The summed E-state index contributed by atoms with van der Waals surface area (Å²) in [6.07, 6.45) is 0. The van der Waals surface area contributed by atoms with Gasteiger partial charge in [-0.3, -0.25) is 4.79 Å². The van der Waals surface area contributed by atoms with Crippen molar-refractivity contribution < 1.29 is 22.8 Å². The lowest BCUT2D eigenvalue weighted by molar-refractivity contribution is 0.102. The van der Waals surface area contributed by atoms with E-state index in [0.29, 0.717) is 29.1 Å². The van der Waals surface area contributed by atoms with Crippen LogP contribution in [0.5, 0.6) is 5.75 Å². The van der Waals surface area contributed by atoms with Crippen LogP contribution in [0.15, 0.2) is 47.0 Å². The van der Waals surface area contributed by atoms with Gasteiger partial charge in [-0.1, -0.05) is 5.16 Å². The molecule has 25 heavy (non-hydrogen) atoms. The van der Waals surface area contributed by atoms with E-state index in [0.717, 1.165) is 12.1 Å². The topological polar surface area (TPSA) is 77.2 Å². The molecule has 0 aliphatic carbocycles. The van der Waals surface area contributed by atoms with Crippen molar-refractivity contribution in [3.63, 3.8) is 0 Å². The molecule has 1 amide bonds. The number of carbonyl (C=O) groups is 1. The summed E-state index contributed by atoms with van der Waals surface area (Å²) in [5.41, 5.74) is 0.200. The van der Waals surface area contributed by atoms with E-state index in [1.165, 1.54) is 12.1 Å². The van der Waals surface area contributed by atoms with Crippen LogP contribution in [0.1, 0.15) is 22.1 Å². The molecule has 0 radical (unpaired) electrons. The summed E-state index contributed by atoms with van der Waals surface area (Å²) >= 11 is 0. The fourth-order valence-electron chi connectivity index (χ4n) is 2.04. The minimum absolute atomic E-state index is 0.0980. The van der Waals surface area contributed by atoms with Crippen molar-refractivity contribution in [1.29, 1.82) is 0 Å². The normalized spacial score (nSPS) is 10.5. The summed E-state index contributed by atoms with van der Waals surface area (Å²) in [4.78, 5) is 16.1. The predicted molar refractivity (Wildman–Crippen MR) is 84.1 cm³/mol. The molecule has 6 nitrogen and oxygen atoms in total. The number of halogens is 2. The first-order valence-corrected chi connectivity index (χ1v) is 7.30. The van der Waals surface area contributed by atoms with E-state index in [1.807, 2.05) is 0 Å². The lowest BCUT2D eigenvalue weighted by atomic mass is 10.2. The number of anilines is 1. The molecule has 0 saturated carbocycles. The number of nitrogens with zero attached hydrogens (tertiary/aromatic N) is 2. The minimum atomic E-state index is -0.844. The fraction of sp³-hybridized carbons (Fsp3) is 0.118. The Morgan fingerprint density at radius 1 is 1.20 bits per heavy atom. The Hall–Kier alpha value is -3.29. The van der Waals surface area contributed by atoms with E-state index in [1.54, 1.807) is 19.1 Å². The Bertz CT molecular complexity index is 894. The average Bonchev–Trinajstić information content (AvgIpc) is 3.01. The highest BCUT2D eigenvalue weighted by Gasteiger charge is 2.10. The molecule has 2 aromatic carbocycles. The van der Waals surface area contributed by atoms with Crippen molar-refractivity contribution in [2.45, 2.75) is 13.5 Å². The average molecular weight is 345 g/mol. The van der Waals surface area contributed by atoms with Crippen LogP contribution in [0.2, 0.25) is 0 Å². The van der Waals surface area contributed by atoms with Crippen molar-refractivity contribution in [3.8, 4) is 5.75 Å². The summed E-state index contributed by atoms with van der Waals surface area (Å²) in [5, 5.41) is 6.08. The Kier molecular flexibility index (Phi) is 4.69. The minimum Gasteiger partial charge on any atom is -0.485 e. The van der Waals surface area contributed by atoms with Crippen LogP contribution in [0.4, 0.5) is 14.5 Å². The summed E-state index contributed by atoms with van der Waals surface area (Å²) in [5.74, 6) is -0.722. The van der Waals surface area contributed by atoms with Crippen LogP contribution < -0.4 is 10.1 Å². The number of aryl methyl sites for hydroxylation is 1. The summed E-state index contributed by atoms with van der Waals surface area (Å²) in [6, 6.07) is 9.14. The van der Waals surface area contributed by atoms with Gasteiger partial charge in [-0.25, -0.2) is 8.78 Å². The molecule has 0 unspecified atom stereocenters. The fourth-order valence-corrected chi connectivity index (χ4v) is 2.04. The molecule has 1 N–H and O–H groups in total. The van der Waals surface area contributed by atoms with Gasteiger partial charge in [-0.05, 0) is 36.4 Å². The van der Waals surface area contributed by atoms with Crippen molar-refractivity contribution in [1.82, 2.24) is 10.1 Å². The van der Waals surface area contributed by atoms with Crippen LogP contribution in [0.25, 0.3) is 0 Å². The molecule has 0 bridgehead atoms. The van der Waals surface area contributed by atoms with Gasteiger partial charge in [0.05, 0.1) is 5.69 Å². The quantitative estimate of drug-likeness (QED) is 0.766. The molecule has 0 aliphatic heterocycles. The van der Waals surface area contributed by atoms with Gasteiger partial charge in [0, 0.05) is 18.6 Å². The molecule has 3 aromatic rings. The monoisotopic (exact) mass is 345 g/mol. The van der Waals surface area contributed by atoms with E-state index in [2.05, 4.69) is 15.5 Å². The second kappa shape index (κ2) is 7.08. The zero-order valence-corrected chi connectivity index (χ0v) is 13.1. The number of hydrogen-bond donors (Lipinski definition) is 1. The van der Waals surface area contributed by atoms with Gasteiger partial charge >= 0.3 is 0 Å². The third-order valence-electron chi connectivity index (χ3n) is 3.23. The van der Waals surface area contributed by atoms with Crippen LogP contribution in [-0.2, 0) is 6.61 Å². The Morgan fingerprint density at radius 3 is 2.60 bits per heavy atom. The maximum atomic E-state index is 13.6. The first kappa shape index (κ1) is 16.6. The molecular weight excluding hydrogens is 332 g/mol. The Balaban J connectivity index is 1.62. The van der Waals surface area contributed by atoms with Crippen LogP contribution in [0.3, 0.4) is 0 Å². The molecule has 0 fully saturated rings. The number of nitrogens with one attached hydrogen (secondary N) is 1. The molecule has 8 heteroatoms. The molecule has 1 heterocycles. The number of aromatic nitrogens is 2. The van der Waals surface area contributed by atoms with Gasteiger partial charge in [-0.15, -0.1) is 0 Å². The summed E-state index contributed by atoms with van der Waals surface area (Å²) in [6.45, 7) is 1.80. The molecular formula is C17H13F2N3O3. The highest BCUT2D eigenvalue weighted by atomic mass is 19.1. The third kappa shape index (κ3) is 4.17. The zero-order chi connectivity index (χ0) is 17.8. The first-order valence-electron chi connectivity index (χ1n) is 7.30. The predicted octanol–water partition coefficient (Wildman–Crippen LogP) is 3.49. The second-order valence-corrected chi connectivity index (χ2v) is 5.12. The van der Waals surface area contributed by atoms with Crippen LogP contribution in [-0.4, -0.2) is 16.0 Å². The lowest BCUT2D eigenvalue weighted by Crippen LogP contribution is -2.13. The Morgan fingerprint density at radius 2 is 1.96 bits per heavy atom. The van der Waals surface area contributed by atoms with Gasteiger partial charge in [0.2, 0.25) is 11.7 Å². The summed E-state index contributed by atoms with van der Waals surface area (Å²) in [7, 11) is 0. The second-order valence-electron chi connectivity index (χ2n) is 5.12. The maximum Gasteiger partial charge on any atom is 0.255 e.